The molecule has 0 bridgehead atoms. The summed E-state index contributed by atoms with van der Waals surface area (Å²) >= 11 is 3.53. The van der Waals surface area contributed by atoms with Gasteiger partial charge in [0.2, 0.25) is 5.95 Å². The Morgan fingerprint density at radius 2 is 1.92 bits per heavy atom. The molecule has 2 aliphatic rings. The van der Waals surface area contributed by atoms with E-state index in [2.05, 4.69) is 52.9 Å². The first kappa shape index (κ1) is 16.7. The van der Waals surface area contributed by atoms with Crippen LogP contribution in [-0.2, 0) is 0 Å². The maximum atomic E-state index is 4.60. The molecular weight excluding hydrogens is 380 g/mol. The van der Waals surface area contributed by atoms with E-state index in [0.717, 1.165) is 22.7 Å². The lowest BCUT2D eigenvalue weighted by Crippen LogP contribution is -2.16. The second-order valence-electron chi connectivity index (χ2n) is 6.77. The van der Waals surface area contributed by atoms with E-state index < -0.39 is 0 Å². The van der Waals surface area contributed by atoms with Crippen molar-refractivity contribution in [1.29, 1.82) is 0 Å². The van der Waals surface area contributed by atoms with Crippen LogP contribution in [0.3, 0.4) is 0 Å². The van der Waals surface area contributed by atoms with Crippen molar-refractivity contribution in [3.05, 3.63) is 34.6 Å². The fraction of sp³-hybridized carbons (Fsp3) is 0.500. The number of aromatic nitrogens is 3. The molecule has 3 heterocycles. The predicted octanol–water partition coefficient (Wildman–Crippen LogP) is 4.16. The van der Waals surface area contributed by atoms with Crippen molar-refractivity contribution < 1.29 is 0 Å². The first-order chi connectivity index (χ1) is 12.3. The van der Waals surface area contributed by atoms with Gasteiger partial charge in [0.25, 0.3) is 0 Å². The molecule has 7 heteroatoms. The normalized spacial score (nSPS) is 20.8. The van der Waals surface area contributed by atoms with Crippen molar-refractivity contribution in [2.45, 2.75) is 50.6 Å². The SMILES string of the molecule is Brc1cnc(Nc2ccc(C3CCCN3)cn2)nc1NC1CCCC1. The summed E-state index contributed by atoms with van der Waals surface area (Å²) in [7, 11) is 0. The minimum atomic E-state index is 0.438. The Balaban J connectivity index is 1.44. The maximum absolute atomic E-state index is 4.60. The first-order valence-electron chi connectivity index (χ1n) is 9.03. The van der Waals surface area contributed by atoms with Crippen LogP contribution in [0.5, 0.6) is 0 Å². The maximum Gasteiger partial charge on any atom is 0.230 e. The van der Waals surface area contributed by atoms with Gasteiger partial charge in [0.1, 0.15) is 11.6 Å². The van der Waals surface area contributed by atoms with Gasteiger partial charge in [0.05, 0.1) is 4.47 Å². The van der Waals surface area contributed by atoms with Crippen molar-refractivity contribution in [2.75, 3.05) is 17.2 Å². The molecule has 1 aliphatic carbocycles. The Bertz CT molecular complexity index is 708. The standard InChI is InChI=1S/C18H23BrN6/c19-14-11-22-18(25-17(14)23-13-4-1-2-5-13)24-16-8-7-12(10-21-16)15-6-3-9-20-15/h7-8,10-11,13,15,20H,1-6,9H2,(H2,21,22,23,24,25). The Morgan fingerprint density at radius 1 is 1.04 bits per heavy atom. The molecule has 0 amide bonds. The molecule has 132 valence electrons. The number of halogens is 1. The predicted molar refractivity (Wildman–Crippen MR) is 103 cm³/mol. The van der Waals surface area contributed by atoms with Crippen LogP contribution in [0.1, 0.15) is 50.1 Å². The topological polar surface area (TPSA) is 74.8 Å². The van der Waals surface area contributed by atoms with Crippen LogP contribution in [-0.4, -0.2) is 27.5 Å². The fourth-order valence-electron chi connectivity index (χ4n) is 3.56. The van der Waals surface area contributed by atoms with Gasteiger partial charge in [0, 0.05) is 24.5 Å². The van der Waals surface area contributed by atoms with Gasteiger partial charge in [-0.1, -0.05) is 18.9 Å². The van der Waals surface area contributed by atoms with Crippen LogP contribution in [0, 0.1) is 0 Å². The zero-order chi connectivity index (χ0) is 17.1. The summed E-state index contributed by atoms with van der Waals surface area (Å²) in [5.74, 6) is 2.16. The molecule has 3 N–H and O–H groups in total. The Kier molecular flexibility index (Phi) is 5.12. The third kappa shape index (κ3) is 4.10. The van der Waals surface area contributed by atoms with Crippen molar-refractivity contribution >= 4 is 33.5 Å². The molecular formula is C18H23BrN6. The lowest BCUT2D eigenvalue weighted by atomic mass is 10.1. The summed E-state index contributed by atoms with van der Waals surface area (Å²) in [5, 5.41) is 10.2. The zero-order valence-electron chi connectivity index (χ0n) is 14.1. The van der Waals surface area contributed by atoms with Crippen molar-refractivity contribution in [3.63, 3.8) is 0 Å². The highest BCUT2D eigenvalue weighted by Crippen LogP contribution is 2.27. The third-order valence-corrected chi connectivity index (χ3v) is 5.51. The molecule has 2 aromatic rings. The van der Waals surface area contributed by atoms with Gasteiger partial charge in [-0.15, -0.1) is 0 Å². The molecule has 0 aromatic carbocycles. The molecule has 6 nitrogen and oxygen atoms in total. The van der Waals surface area contributed by atoms with Crippen LogP contribution in [0.4, 0.5) is 17.6 Å². The zero-order valence-corrected chi connectivity index (χ0v) is 15.7. The van der Waals surface area contributed by atoms with Crippen molar-refractivity contribution in [3.8, 4) is 0 Å². The van der Waals surface area contributed by atoms with Crippen LogP contribution in [0.25, 0.3) is 0 Å². The Morgan fingerprint density at radius 3 is 2.64 bits per heavy atom. The molecule has 25 heavy (non-hydrogen) atoms. The minimum absolute atomic E-state index is 0.438. The summed E-state index contributed by atoms with van der Waals surface area (Å²) < 4.78 is 0.889. The fourth-order valence-corrected chi connectivity index (χ4v) is 3.87. The number of nitrogens with one attached hydrogen (secondary N) is 3. The van der Waals surface area contributed by atoms with Crippen LogP contribution in [0.2, 0.25) is 0 Å². The molecule has 4 rings (SSSR count). The average Bonchev–Trinajstić information content (AvgIpc) is 3.32. The molecule has 2 aromatic heterocycles. The Labute approximate surface area is 156 Å². The third-order valence-electron chi connectivity index (χ3n) is 4.93. The summed E-state index contributed by atoms with van der Waals surface area (Å²) in [6.45, 7) is 1.09. The molecule has 1 unspecified atom stereocenters. The molecule has 1 aliphatic heterocycles. The molecule has 2 fully saturated rings. The Hall–Kier alpha value is -1.73. The minimum Gasteiger partial charge on any atom is -0.366 e. The quantitative estimate of drug-likeness (QED) is 0.696. The smallest absolute Gasteiger partial charge is 0.230 e. The summed E-state index contributed by atoms with van der Waals surface area (Å²) in [6, 6.07) is 5.06. The van der Waals surface area contributed by atoms with Gasteiger partial charge >= 0.3 is 0 Å². The largest absolute Gasteiger partial charge is 0.366 e. The molecule has 1 atom stereocenters. The van der Waals surface area contributed by atoms with E-state index in [1.807, 2.05) is 12.3 Å². The summed E-state index contributed by atoms with van der Waals surface area (Å²) in [5.41, 5.74) is 1.24. The second-order valence-corrected chi connectivity index (χ2v) is 7.62. The number of anilines is 3. The lowest BCUT2D eigenvalue weighted by molar-refractivity contribution is 0.645. The number of nitrogens with zero attached hydrogens (tertiary/aromatic N) is 3. The highest BCUT2D eigenvalue weighted by Gasteiger charge is 2.18. The van der Waals surface area contributed by atoms with Crippen LogP contribution >= 0.6 is 15.9 Å². The summed E-state index contributed by atoms with van der Waals surface area (Å²) in [6.07, 6.45) is 11.1. The van der Waals surface area contributed by atoms with Gasteiger partial charge in [-0.3, -0.25) is 0 Å². The number of hydrogen-bond acceptors (Lipinski definition) is 6. The van der Waals surface area contributed by atoms with Crippen LogP contribution in [0.15, 0.2) is 29.0 Å². The number of rotatable bonds is 5. The molecule has 0 radical (unpaired) electrons. The van der Waals surface area contributed by atoms with Crippen molar-refractivity contribution in [2.24, 2.45) is 0 Å². The van der Waals surface area contributed by atoms with E-state index in [-0.39, 0.29) is 0 Å². The van der Waals surface area contributed by atoms with Gasteiger partial charge in [-0.2, -0.15) is 4.98 Å². The van der Waals surface area contributed by atoms with Crippen LogP contribution < -0.4 is 16.0 Å². The molecule has 1 saturated carbocycles. The lowest BCUT2D eigenvalue weighted by Gasteiger charge is -2.15. The highest BCUT2D eigenvalue weighted by molar-refractivity contribution is 9.10. The molecule has 0 spiro atoms. The second kappa shape index (κ2) is 7.66. The van der Waals surface area contributed by atoms with Gasteiger partial charge in [-0.05, 0) is 59.8 Å². The van der Waals surface area contributed by atoms with Gasteiger partial charge in [-0.25, -0.2) is 9.97 Å². The van der Waals surface area contributed by atoms with Crippen molar-refractivity contribution in [1.82, 2.24) is 20.3 Å². The van der Waals surface area contributed by atoms with E-state index in [0.29, 0.717) is 18.0 Å². The average molecular weight is 403 g/mol. The van der Waals surface area contributed by atoms with E-state index in [9.17, 15) is 0 Å². The first-order valence-corrected chi connectivity index (χ1v) is 9.83. The number of hydrogen-bond donors (Lipinski definition) is 3. The van der Waals surface area contributed by atoms with E-state index in [4.69, 9.17) is 0 Å². The number of pyridine rings is 1. The monoisotopic (exact) mass is 402 g/mol. The van der Waals surface area contributed by atoms with Gasteiger partial charge < -0.3 is 16.0 Å². The van der Waals surface area contributed by atoms with E-state index in [1.54, 1.807) is 6.20 Å². The van der Waals surface area contributed by atoms with Gasteiger partial charge in [0.15, 0.2) is 0 Å². The summed E-state index contributed by atoms with van der Waals surface area (Å²) in [4.78, 5) is 13.5. The van der Waals surface area contributed by atoms with E-state index in [1.165, 1.54) is 44.1 Å². The highest BCUT2D eigenvalue weighted by atomic mass is 79.9. The van der Waals surface area contributed by atoms with E-state index >= 15 is 0 Å². The molecule has 1 saturated heterocycles.